The summed E-state index contributed by atoms with van der Waals surface area (Å²) >= 11 is 13.2. The van der Waals surface area contributed by atoms with Crippen LogP contribution in [0.4, 0.5) is 0 Å². The van der Waals surface area contributed by atoms with Gasteiger partial charge >= 0.3 is 5.97 Å². The Kier molecular flexibility index (Phi) is 6.41. The van der Waals surface area contributed by atoms with E-state index < -0.39 is 11.5 Å². The first-order valence-corrected chi connectivity index (χ1v) is 12.4. The smallest absolute Gasteiger partial charge is 0.338 e. The van der Waals surface area contributed by atoms with Crippen molar-refractivity contribution in [2.75, 3.05) is 6.54 Å². The molecule has 5 rings (SSSR count). The Labute approximate surface area is 215 Å². The van der Waals surface area contributed by atoms with Crippen LogP contribution >= 0.6 is 23.2 Å². The highest BCUT2D eigenvalue weighted by atomic mass is 35.5. The zero-order valence-corrected chi connectivity index (χ0v) is 20.9. The molecule has 4 aromatic rings. The maximum absolute atomic E-state index is 11.9. The number of hydrogen-bond donors (Lipinski definition) is 1. The van der Waals surface area contributed by atoms with Crippen LogP contribution in [-0.2, 0) is 18.5 Å². The van der Waals surface area contributed by atoms with Crippen LogP contribution in [0.1, 0.15) is 43.7 Å². The lowest BCUT2D eigenvalue weighted by Gasteiger charge is -2.48. The Hall–Kier alpha value is -3.11. The second kappa shape index (κ2) is 9.50. The van der Waals surface area contributed by atoms with E-state index in [1.54, 1.807) is 0 Å². The van der Waals surface area contributed by atoms with E-state index in [-0.39, 0.29) is 15.6 Å². The lowest BCUT2D eigenvalue weighted by Crippen LogP contribution is -2.50. The van der Waals surface area contributed by atoms with E-state index in [1.807, 2.05) is 25.1 Å². The van der Waals surface area contributed by atoms with Crippen molar-refractivity contribution < 1.29 is 9.90 Å². The maximum Gasteiger partial charge on any atom is 0.338 e. The fourth-order valence-corrected chi connectivity index (χ4v) is 6.20. The van der Waals surface area contributed by atoms with Gasteiger partial charge in [0.2, 0.25) is 0 Å². The first kappa shape index (κ1) is 23.6. The average Bonchev–Trinajstić information content (AvgIpc) is 2.89. The summed E-state index contributed by atoms with van der Waals surface area (Å²) in [7, 11) is 0. The van der Waals surface area contributed by atoms with Crippen LogP contribution < -0.4 is 0 Å². The molecule has 1 heterocycles. The molecule has 0 saturated carbocycles. The van der Waals surface area contributed by atoms with Crippen LogP contribution in [0, 0.1) is 6.92 Å². The van der Waals surface area contributed by atoms with Gasteiger partial charge in [0.1, 0.15) is 0 Å². The second-order valence-electron chi connectivity index (χ2n) is 8.87. The molecule has 5 heteroatoms. The Morgan fingerprint density at radius 3 is 1.66 bits per heavy atom. The van der Waals surface area contributed by atoms with Gasteiger partial charge in [0.15, 0.2) is 0 Å². The maximum atomic E-state index is 11.9. The number of carbonyl (C=O) groups is 1. The number of carboxylic acid groups (broad SMARTS) is 1. The Balaban J connectivity index is 1.77. The molecule has 1 aliphatic heterocycles. The SMILES string of the molecule is Cc1c(Cl)c(C(=O)O)c(Cl)c2c1CN(C(c1ccccc1)(c1ccccc1)c1ccccc1)CC2. The molecule has 35 heavy (non-hydrogen) atoms. The van der Waals surface area contributed by atoms with Crippen molar-refractivity contribution in [3.63, 3.8) is 0 Å². The zero-order chi connectivity index (χ0) is 24.6. The molecule has 0 radical (unpaired) electrons. The molecule has 0 atom stereocenters. The zero-order valence-electron chi connectivity index (χ0n) is 19.3. The largest absolute Gasteiger partial charge is 0.478 e. The van der Waals surface area contributed by atoms with Crippen LogP contribution in [-0.4, -0.2) is 22.5 Å². The second-order valence-corrected chi connectivity index (χ2v) is 9.63. The van der Waals surface area contributed by atoms with Crippen LogP contribution in [0.25, 0.3) is 0 Å². The molecule has 1 aliphatic rings. The molecular weight excluding hydrogens is 477 g/mol. The summed E-state index contributed by atoms with van der Waals surface area (Å²) in [5.41, 5.74) is 5.59. The monoisotopic (exact) mass is 501 g/mol. The molecule has 0 unspecified atom stereocenters. The standard InChI is InChI=1S/C30H25Cl2NO2/c1-20-25-19-33(18-17-24(25)28(32)26(27(20)31)29(34)35)30(21-11-5-2-6-12-21,22-13-7-3-8-14-22)23-15-9-4-10-16-23/h2-16H,17-19H2,1H3,(H,34,35). The molecule has 176 valence electrons. The predicted molar refractivity (Wildman–Crippen MR) is 141 cm³/mol. The summed E-state index contributed by atoms with van der Waals surface area (Å²) in [5.74, 6) is -1.10. The highest BCUT2D eigenvalue weighted by molar-refractivity contribution is 6.40. The fourth-order valence-electron chi connectivity index (χ4n) is 5.48. The Bertz CT molecular complexity index is 1280. The predicted octanol–water partition coefficient (Wildman–Crippen LogP) is 7.35. The van der Waals surface area contributed by atoms with Crippen molar-refractivity contribution in [3.05, 3.63) is 140 Å². The van der Waals surface area contributed by atoms with E-state index in [0.717, 1.165) is 33.4 Å². The summed E-state index contributed by atoms with van der Waals surface area (Å²) in [4.78, 5) is 14.3. The third-order valence-corrected chi connectivity index (χ3v) is 7.98. The number of aromatic carboxylic acids is 1. The minimum absolute atomic E-state index is 0.00141. The molecule has 4 aromatic carbocycles. The van der Waals surface area contributed by atoms with Crippen molar-refractivity contribution in [2.45, 2.75) is 25.4 Å². The number of fused-ring (bicyclic) bond motifs is 1. The normalized spacial score (nSPS) is 13.9. The molecule has 0 bridgehead atoms. The molecule has 0 saturated heterocycles. The number of hydrogen-bond acceptors (Lipinski definition) is 2. The number of carboxylic acids is 1. The minimum atomic E-state index is -1.10. The van der Waals surface area contributed by atoms with E-state index in [2.05, 4.69) is 77.7 Å². The highest BCUT2D eigenvalue weighted by Gasteiger charge is 2.44. The Morgan fingerprint density at radius 1 is 0.771 bits per heavy atom. The first-order valence-electron chi connectivity index (χ1n) is 11.6. The lowest BCUT2D eigenvalue weighted by atomic mass is 9.74. The van der Waals surface area contributed by atoms with E-state index >= 15 is 0 Å². The number of halogens is 2. The van der Waals surface area contributed by atoms with Gasteiger partial charge in [0, 0.05) is 13.1 Å². The minimum Gasteiger partial charge on any atom is -0.478 e. The van der Waals surface area contributed by atoms with Gasteiger partial charge in [-0.15, -0.1) is 0 Å². The lowest BCUT2D eigenvalue weighted by molar-refractivity contribution is 0.0696. The van der Waals surface area contributed by atoms with E-state index in [1.165, 1.54) is 0 Å². The van der Waals surface area contributed by atoms with Crippen molar-refractivity contribution in [1.29, 1.82) is 0 Å². The van der Waals surface area contributed by atoms with Crippen LogP contribution in [0.5, 0.6) is 0 Å². The van der Waals surface area contributed by atoms with Gasteiger partial charge in [-0.2, -0.15) is 0 Å². The highest BCUT2D eigenvalue weighted by Crippen LogP contribution is 2.46. The third-order valence-electron chi connectivity index (χ3n) is 7.09. The molecule has 0 spiro atoms. The summed E-state index contributed by atoms with van der Waals surface area (Å²) in [6.45, 7) is 3.17. The molecule has 3 nitrogen and oxygen atoms in total. The van der Waals surface area contributed by atoms with Crippen LogP contribution in [0.15, 0.2) is 91.0 Å². The number of benzene rings is 4. The first-order chi connectivity index (χ1) is 17.0. The van der Waals surface area contributed by atoms with Gasteiger partial charge in [-0.1, -0.05) is 114 Å². The topological polar surface area (TPSA) is 40.5 Å². The van der Waals surface area contributed by atoms with Gasteiger partial charge in [-0.05, 0) is 46.7 Å². The van der Waals surface area contributed by atoms with Gasteiger partial charge < -0.3 is 5.11 Å². The van der Waals surface area contributed by atoms with Crippen molar-refractivity contribution in [2.24, 2.45) is 0 Å². The van der Waals surface area contributed by atoms with E-state index in [9.17, 15) is 9.90 Å². The van der Waals surface area contributed by atoms with Crippen LogP contribution in [0.2, 0.25) is 10.0 Å². The van der Waals surface area contributed by atoms with E-state index in [0.29, 0.717) is 19.5 Å². The van der Waals surface area contributed by atoms with Crippen molar-refractivity contribution in [3.8, 4) is 0 Å². The van der Waals surface area contributed by atoms with Gasteiger partial charge in [0.25, 0.3) is 0 Å². The third kappa shape index (κ3) is 3.84. The van der Waals surface area contributed by atoms with E-state index in [4.69, 9.17) is 23.2 Å². The molecule has 0 amide bonds. The van der Waals surface area contributed by atoms with Crippen molar-refractivity contribution >= 4 is 29.2 Å². The average molecular weight is 502 g/mol. The quantitative estimate of drug-likeness (QED) is 0.290. The summed E-state index contributed by atoms with van der Waals surface area (Å²) in [5, 5.41) is 10.2. The molecule has 0 fully saturated rings. The summed E-state index contributed by atoms with van der Waals surface area (Å²) in [6, 6.07) is 31.6. The number of nitrogens with zero attached hydrogens (tertiary/aromatic N) is 1. The van der Waals surface area contributed by atoms with Gasteiger partial charge in [-0.25, -0.2) is 4.79 Å². The summed E-state index contributed by atoms with van der Waals surface area (Å²) in [6.07, 6.45) is 0.626. The molecule has 0 aromatic heterocycles. The number of rotatable bonds is 5. The van der Waals surface area contributed by atoms with Crippen molar-refractivity contribution in [1.82, 2.24) is 4.90 Å². The molecule has 1 N–H and O–H groups in total. The van der Waals surface area contributed by atoms with Gasteiger partial charge in [-0.3, -0.25) is 4.90 Å². The Morgan fingerprint density at radius 2 is 1.23 bits per heavy atom. The summed E-state index contributed by atoms with van der Waals surface area (Å²) < 4.78 is 0. The molecular formula is C30H25Cl2NO2. The van der Waals surface area contributed by atoms with Crippen LogP contribution in [0.3, 0.4) is 0 Å². The fraction of sp³-hybridized carbons (Fsp3) is 0.167. The molecule has 0 aliphatic carbocycles. The van der Waals surface area contributed by atoms with Gasteiger partial charge in [0.05, 0.1) is 21.1 Å².